The maximum absolute atomic E-state index is 13.4. The Kier molecular flexibility index (Phi) is 10.5. The lowest BCUT2D eigenvalue weighted by atomic mass is 9.76. The Bertz CT molecular complexity index is 1540. The number of hydrogen-bond donors (Lipinski definition) is 2. The summed E-state index contributed by atoms with van der Waals surface area (Å²) in [6.45, 7) is 19.0. The summed E-state index contributed by atoms with van der Waals surface area (Å²) in [5, 5.41) is 18.7. The molecule has 45 heavy (non-hydrogen) atoms. The van der Waals surface area contributed by atoms with Crippen LogP contribution in [0.3, 0.4) is 0 Å². The summed E-state index contributed by atoms with van der Waals surface area (Å²) in [5.41, 5.74) is 5.00. The van der Waals surface area contributed by atoms with Gasteiger partial charge in [-0.2, -0.15) is 9.78 Å². The van der Waals surface area contributed by atoms with Crippen LogP contribution >= 0.6 is 0 Å². The van der Waals surface area contributed by atoms with Crippen LogP contribution in [-0.4, -0.2) is 38.5 Å². The number of carbonyl (C=O) groups excluding carboxylic acids is 2. The second-order valence-corrected chi connectivity index (χ2v) is 13.4. The summed E-state index contributed by atoms with van der Waals surface area (Å²) < 4.78 is 8.07. The fourth-order valence-corrected chi connectivity index (χ4v) is 5.18. The normalized spacial score (nSPS) is 15.9. The molecule has 2 N–H and O–H groups in total. The van der Waals surface area contributed by atoms with E-state index in [1.54, 1.807) is 4.68 Å². The molecule has 0 saturated carbocycles. The summed E-state index contributed by atoms with van der Waals surface area (Å²) in [6, 6.07) is 14.4. The molecule has 0 aliphatic carbocycles. The first-order chi connectivity index (χ1) is 21.3. The zero-order chi connectivity index (χ0) is 32.9. The minimum Gasteiger partial charge on any atom is -0.480 e. The van der Waals surface area contributed by atoms with E-state index in [4.69, 9.17) is 4.74 Å². The van der Waals surface area contributed by atoms with E-state index in [0.29, 0.717) is 24.6 Å². The molecule has 2 atom stereocenters. The van der Waals surface area contributed by atoms with Crippen molar-refractivity contribution >= 4 is 29.2 Å². The minimum atomic E-state index is -0.613. The average molecular weight is 615 g/mol. The smallest absolute Gasteiger partial charge is 0.265 e. The second-order valence-electron chi connectivity index (χ2n) is 13.4. The van der Waals surface area contributed by atoms with Gasteiger partial charge in [-0.15, -0.1) is 10.2 Å². The molecule has 0 radical (unpaired) electrons. The highest BCUT2D eigenvalue weighted by molar-refractivity contribution is 6.08. The highest BCUT2D eigenvalue weighted by Gasteiger charge is 2.29. The van der Waals surface area contributed by atoms with Gasteiger partial charge in [0.25, 0.3) is 11.9 Å². The number of carbonyl (C=O) groups is 2. The highest BCUT2D eigenvalue weighted by atomic mass is 16.5. The molecule has 2 heterocycles. The van der Waals surface area contributed by atoms with Gasteiger partial charge in [0.2, 0.25) is 5.91 Å². The van der Waals surface area contributed by atoms with Gasteiger partial charge in [0, 0.05) is 23.4 Å². The number of amides is 2. The number of anilines is 2. The molecule has 9 nitrogen and oxygen atoms in total. The quantitative estimate of drug-likeness (QED) is 0.208. The maximum atomic E-state index is 13.4. The van der Waals surface area contributed by atoms with Gasteiger partial charge in [0.05, 0.1) is 5.92 Å². The molecular formula is C36H50N6O3. The van der Waals surface area contributed by atoms with Crippen molar-refractivity contribution in [3.8, 4) is 5.75 Å². The average Bonchev–Trinajstić information content (AvgIpc) is 3.35. The van der Waals surface area contributed by atoms with Crippen LogP contribution in [0.1, 0.15) is 111 Å². The maximum Gasteiger partial charge on any atom is 0.265 e. The van der Waals surface area contributed by atoms with Crippen LogP contribution in [-0.2, 0) is 33.3 Å². The number of ether oxygens (including phenoxy) is 1. The van der Waals surface area contributed by atoms with Gasteiger partial charge in [-0.1, -0.05) is 72.7 Å². The molecule has 0 bridgehead atoms. The summed E-state index contributed by atoms with van der Waals surface area (Å²) in [4.78, 5) is 25.6. The zero-order valence-corrected chi connectivity index (χ0v) is 28.5. The number of nitrogens with zero attached hydrogens (tertiary/aromatic N) is 4. The Morgan fingerprint density at radius 1 is 1.00 bits per heavy atom. The predicted octanol–water partition coefficient (Wildman–Crippen LogP) is 7.44. The largest absolute Gasteiger partial charge is 0.480 e. The standard InChI is InChI=1S/C36H50N6O3/c1-10-29(45-30-21-18-26(35(6,7)11-2)22-28(30)36(8,9)12-3)33(44)37-27-19-16-25(17-20-27)14-13-15-31-39-40-34-38-32(43)23(4)24(5)41-42(31)34/h16-23,29H,10-15H2,1-9H3,(H,37,44)(H,38,40,43). The van der Waals surface area contributed by atoms with Crippen LogP contribution in [0.5, 0.6) is 5.75 Å². The van der Waals surface area contributed by atoms with E-state index < -0.39 is 6.10 Å². The number of fused-ring (bicyclic) bond motifs is 1. The molecule has 242 valence electrons. The van der Waals surface area contributed by atoms with Crippen LogP contribution in [0, 0.1) is 5.92 Å². The lowest BCUT2D eigenvalue weighted by Crippen LogP contribution is -2.33. The molecule has 1 aromatic heterocycles. The van der Waals surface area contributed by atoms with E-state index in [0.717, 1.165) is 54.0 Å². The molecule has 2 aromatic carbocycles. The Morgan fingerprint density at radius 3 is 2.33 bits per heavy atom. The number of rotatable bonds is 13. The summed E-state index contributed by atoms with van der Waals surface area (Å²) in [6.07, 6.45) is 4.25. The van der Waals surface area contributed by atoms with Crippen LogP contribution in [0.15, 0.2) is 47.6 Å². The summed E-state index contributed by atoms with van der Waals surface area (Å²) in [7, 11) is 0. The van der Waals surface area contributed by atoms with Crippen molar-refractivity contribution in [3.63, 3.8) is 0 Å². The molecule has 0 fully saturated rings. The van der Waals surface area contributed by atoms with Crippen molar-refractivity contribution in [2.45, 2.75) is 118 Å². The van der Waals surface area contributed by atoms with E-state index >= 15 is 0 Å². The fraction of sp³-hybridized carbons (Fsp3) is 0.528. The third kappa shape index (κ3) is 7.81. The molecule has 3 aromatic rings. The molecule has 1 aliphatic rings. The van der Waals surface area contributed by atoms with Crippen molar-refractivity contribution in [1.29, 1.82) is 0 Å². The van der Waals surface area contributed by atoms with E-state index in [1.807, 2.05) is 51.1 Å². The van der Waals surface area contributed by atoms with E-state index in [1.165, 1.54) is 5.56 Å². The topological polar surface area (TPSA) is 110 Å². The molecule has 2 amide bonds. The van der Waals surface area contributed by atoms with Crippen molar-refractivity contribution in [2.75, 3.05) is 10.6 Å². The Labute approximate surface area is 268 Å². The monoisotopic (exact) mass is 614 g/mol. The van der Waals surface area contributed by atoms with Crippen LogP contribution < -0.4 is 15.4 Å². The minimum absolute atomic E-state index is 0.0613. The molecular weight excluding hydrogens is 564 g/mol. The van der Waals surface area contributed by atoms with Gasteiger partial charge < -0.3 is 10.1 Å². The number of benzene rings is 2. The lowest BCUT2D eigenvalue weighted by Gasteiger charge is -2.31. The van der Waals surface area contributed by atoms with Crippen LogP contribution in [0.25, 0.3) is 0 Å². The Morgan fingerprint density at radius 2 is 1.69 bits per heavy atom. The van der Waals surface area contributed by atoms with E-state index in [9.17, 15) is 9.59 Å². The Hall–Kier alpha value is -4.01. The van der Waals surface area contributed by atoms with Gasteiger partial charge >= 0.3 is 0 Å². The molecule has 2 unspecified atom stereocenters. The van der Waals surface area contributed by atoms with Gasteiger partial charge in [0.1, 0.15) is 5.75 Å². The first kappa shape index (κ1) is 33.9. The second kappa shape index (κ2) is 14.0. The lowest BCUT2D eigenvalue weighted by molar-refractivity contribution is -0.123. The first-order valence-corrected chi connectivity index (χ1v) is 16.3. The molecule has 1 aliphatic heterocycles. The van der Waals surface area contributed by atoms with E-state index in [-0.39, 0.29) is 28.6 Å². The number of aromatic nitrogens is 3. The van der Waals surface area contributed by atoms with Crippen molar-refractivity contribution in [1.82, 2.24) is 14.9 Å². The molecule has 4 rings (SSSR count). The van der Waals surface area contributed by atoms with Crippen LogP contribution in [0.4, 0.5) is 11.6 Å². The molecule has 0 spiro atoms. The third-order valence-electron chi connectivity index (χ3n) is 9.50. The molecule has 9 heteroatoms. The van der Waals surface area contributed by atoms with Crippen LogP contribution in [0.2, 0.25) is 0 Å². The van der Waals surface area contributed by atoms with Gasteiger partial charge in [-0.25, -0.2) is 0 Å². The number of hydrogen-bond acceptors (Lipinski definition) is 6. The Balaban J connectivity index is 1.38. The van der Waals surface area contributed by atoms with Crippen molar-refractivity contribution < 1.29 is 14.3 Å². The SMILES string of the molecule is CCC(Oc1ccc(C(C)(C)CC)cc1C(C)(C)CC)C(=O)Nc1ccc(CCCc2nnc3n2N=C(C)C(C)C(=O)N3)cc1. The van der Waals surface area contributed by atoms with Gasteiger partial charge in [0.15, 0.2) is 11.9 Å². The van der Waals surface area contributed by atoms with Gasteiger partial charge in [-0.3, -0.25) is 14.9 Å². The van der Waals surface area contributed by atoms with Gasteiger partial charge in [-0.05, 0) is 86.1 Å². The van der Waals surface area contributed by atoms with Crippen molar-refractivity contribution in [2.24, 2.45) is 11.0 Å². The predicted molar refractivity (Wildman–Crippen MR) is 181 cm³/mol. The van der Waals surface area contributed by atoms with E-state index in [2.05, 4.69) is 79.6 Å². The summed E-state index contributed by atoms with van der Waals surface area (Å²) >= 11 is 0. The third-order valence-corrected chi connectivity index (χ3v) is 9.50. The number of aryl methyl sites for hydroxylation is 2. The summed E-state index contributed by atoms with van der Waals surface area (Å²) in [5.74, 6) is 1.24. The highest BCUT2D eigenvalue weighted by Crippen LogP contribution is 2.39. The van der Waals surface area contributed by atoms with Crippen molar-refractivity contribution in [3.05, 3.63) is 65.0 Å². The molecule has 0 saturated heterocycles. The fourth-order valence-electron chi connectivity index (χ4n) is 5.18. The zero-order valence-electron chi connectivity index (χ0n) is 28.5. The number of nitrogens with one attached hydrogen (secondary N) is 2. The first-order valence-electron chi connectivity index (χ1n) is 16.3.